The van der Waals surface area contributed by atoms with Gasteiger partial charge in [-0.2, -0.15) is 0 Å². The topological polar surface area (TPSA) is 38.3 Å². The van der Waals surface area contributed by atoms with E-state index in [0.717, 1.165) is 35.1 Å². The highest BCUT2D eigenvalue weighted by atomic mass is 16.5. The number of Topliss-reactive ketones (excluding diaryl/α,β-unsaturated/α-hetero) is 1. The molecule has 0 heterocycles. The lowest BCUT2D eigenvalue weighted by Gasteiger charge is -2.05. The van der Waals surface area contributed by atoms with Crippen LogP contribution in [0.25, 0.3) is 10.8 Å². The first-order valence-electron chi connectivity index (χ1n) is 6.50. The maximum absolute atomic E-state index is 12.0. The molecule has 0 saturated carbocycles. The lowest BCUT2D eigenvalue weighted by atomic mass is 10.0. The number of nitrogens with one attached hydrogen (secondary N) is 1. The Hall–Kier alpha value is -1.87. The zero-order valence-corrected chi connectivity index (χ0v) is 11.4. The third kappa shape index (κ3) is 3.32. The van der Waals surface area contributed by atoms with Gasteiger partial charge in [-0.05, 0) is 49.0 Å². The summed E-state index contributed by atoms with van der Waals surface area (Å²) in [4.78, 5) is 12.0. The van der Waals surface area contributed by atoms with Gasteiger partial charge >= 0.3 is 0 Å². The van der Waals surface area contributed by atoms with Crippen LogP contribution in [-0.2, 0) is 0 Å². The van der Waals surface area contributed by atoms with Gasteiger partial charge in [-0.15, -0.1) is 0 Å². The molecule has 0 bridgehead atoms. The number of rotatable bonds is 6. The maximum atomic E-state index is 12.0. The summed E-state index contributed by atoms with van der Waals surface area (Å²) < 4.78 is 5.19. The number of fused-ring (bicyclic) bond motifs is 1. The van der Waals surface area contributed by atoms with Crippen molar-refractivity contribution in [2.45, 2.75) is 12.8 Å². The van der Waals surface area contributed by atoms with Crippen molar-refractivity contribution in [1.29, 1.82) is 0 Å². The molecule has 2 aromatic rings. The number of hydrogen-bond acceptors (Lipinski definition) is 3. The van der Waals surface area contributed by atoms with Gasteiger partial charge in [0.25, 0.3) is 0 Å². The van der Waals surface area contributed by atoms with Crippen LogP contribution in [0.15, 0.2) is 36.4 Å². The molecule has 0 spiro atoms. The van der Waals surface area contributed by atoms with Gasteiger partial charge in [-0.1, -0.05) is 18.2 Å². The smallest absolute Gasteiger partial charge is 0.162 e. The Kier molecular flexibility index (Phi) is 4.53. The molecule has 0 unspecified atom stereocenters. The molecule has 2 rings (SSSR count). The average Bonchev–Trinajstić information content (AvgIpc) is 2.46. The van der Waals surface area contributed by atoms with E-state index in [1.54, 1.807) is 7.11 Å². The molecule has 0 aliphatic carbocycles. The van der Waals surface area contributed by atoms with Crippen LogP contribution < -0.4 is 10.1 Å². The van der Waals surface area contributed by atoms with Crippen molar-refractivity contribution in [3.05, 3.63) is 42.0 Å². The lowest BCUT2D eigenvalue weighted by molar-refractivity contribution is 0.0980. The largest absolute Gasteiger partial charge is 0.497 e. The summed E-state index contributed by atoms with van der Waals surface area (Å²) in [7, 11) is 3.55. The van der Waals surface area contributed by atoms with E-state index in [2.05, 4.69) is 5.32 Å². The fourth-order valence-corrected chi connectivity index (χ4v) is 2.09. The number of methoxy groups -OCH3 is 1. The minimum Gasteiger partial charge on any atom is -0.497 e. The lowest BCUT2D eigenvalue weighted by Crippen LogP contribution is -2.10. The Morgan fingerprint density at radius 2 is 1.89 bits per heavy atom. The van der Waals surface area contributed by atoms with Crippen molar-refractivity contribution in [2.75, 3.05) is 20.7 Å². The molecule has 0 atom stereocenters. The van der Waals surface area contributed by atoms with E-state index >= 15 is 0 Å². The van der Waals surface area contributed by atoms with E-state index in [4.69, 9.17) is 4.74 Å². The summed E-state index contributed by atoms with van der Waals surface area (Å²) in [6, 6.07) is 11.7. The summed E-state index contributed by atoms with van der Waals surface area (Å²) in [6.07, 6.45) is 1.46. The highest BCUT2D eigenvalue weighted by molar-refractivity contribution is 6.00. The first-order valence-corrected chi connectivity index (χ1v) is 6.50. The highest BCUT2D eigenvalue weighted by Crippen LogP contribution is 2.22. The molecule has 3 heteroatoms. The Labute approximate surface area is 113 Å². The molecule has 3 nitrogen and oxygen atoms in total. The van der Waals surface area contributed by atoms with Crippen LogP contribution in [0.5, 0.6) is 5.75 Å². The Bertz CT molecular complexity index is 578. The average molecular weight is 257 g/mol. The molecular weight excluding hydrogens is 238 g/mol. The number of carbonyl (C=O) groups excluding carboxylic acids is 1. The van der Waals surface area contributed by atoms with Crippen LogP contribution >= 0.6 is 0 Å². The fraction of sp³-hybridized carbons (Fsp3) is 0.312. The van der Waals surface area contributed by atoms with E-state index < -0.39 is 0 Å². The minimum absolute atomic E-state index is 0.202. The van der Waals surface area contributed by atoms with Gasteiger partial charge in [0.1, 0.15) is 5.75 Å². The Morgan fingerprint density at radius 1 is 1.16 bits per heavy atom. The Balaban J connectivity index is 2.19. The molecule has 0 amide bonds. The van der Waals surface area contributed by atoms with Crippen LogP contribution in [0.1, 0.15) is 23.2 Å². The molecule has 100 valence electrons. The van der Waals surface area contributed by atoms with Gasteiger partial charge in [0.2, 0.25) is 0 Å². The van der Waals surface area contributed by atoms with Gasteiger partial charge < -0.3 is 10.1 Å². The van der Waals surface area contributed by atoms with E-state index in [-0.39, 0.29) is 5.78 Å². The number of hydrogen-bond donors (Lipinski definition) is 1. The molecular formula is C16H19NO2. The molecule has 0 radical (unpaired) electrons. The second-order valence-corrected chi connectivity index (χ2v) is 4.56. The van der Waals surface area contributed by atoms with Crippen molar-refractivity contribution in [3.63, 3.8) is 0 Å². The first-order chi connectivity index (χ1) is 9.24. The second-order valence-electron chi connectivity index (χ2n) is 4.56. The van der Waals surface area contributed by atoms with E-state index in [0.29, 0.717) is 6.42 Å². The Morgan fingerprint density at radius 3 is 2.63 bits per heavy atom. The van der Waals surface area contributed by atoms with E-state index in [1.807, 2.05) is 43.4 Å². The summed E-state index contributed by atoms with van der Waals surface area (Å²) in [5, 5.41) is 5.21. The summed E-state index contributed by atoms with van der Waals surface area (Å²) in [6.45, 7) is 0.872. The molecule has 0 fully saturated rings. The standard InChI is InChI=1S/C16H19NO2/c1-17-9-3-4-16(18)14-6-5-13-11-15(19-2)8-7-12(13)10-14/h5-8,10-11,17H,3-4,9H2,1-2H3. The predicted octanol–water partition coefficient (Wildman–Crippen LogP) is 3.03. The van der Waals surface area contributed by atoms with E-state index in [9.17, 15) is 4.79 Å². The number of benzene rings is 2. The molecule has 1 N–H and O–H groups in total. The summed E-state index contributed by atoms with van der Waals surface area (Å²) >= 11 is 0. The van der Waals surface area contributed by atoms with Crippen LogP contribution in [0.3, 0.4) is 0 Å². The third-order valence-electron chi connectivity index (χ3n) is 3.20. The number of ketones is 1. The summed E-state index contributed by atoms with van der Waals surface area (Å²) in [5.41, 5.74) is 0.786. The summed E-state index contributed by atoms with van der Waals surface area (Å²) in [5.74, 6) is 1.04. The predicted molar refractivity (Wildman–Crippen MR) is 78.0 cm³/mol. The molecule has 19 heavy (non-hydrogen) atoms. The fourth-order valence-electron chi connectivity index (χ4n) is 2.09. The maximum Gasteiger partial charge on any atom is 0.162 e. The minimum atomic E-state index is 0.202. The van der Waals surface area contributed by atoms with Crippen LogP contribution in [-0.4, -0.2) is 26.5 Å². The van der Waals surface area contributed by atoms with Crippen LogP contribution in [0, 0.1) is 0 Å². The normalized spacial score (nSPS) is 10.6. The van der Waals surface area contributed by atoms with Crippen molar-refractivity contribution >= 4 is 16.6 Å². The van der Waals surface area contributed by atoms with Gasteiger partial charge in [-0.3, -0.25) is 4.79 Å². The second kappa shape index (κ2) is 6.34. The van der Waals surface area contributed by atoms with Crippen LogP contribution in [0.4, 0.5) is 0 Å². The van der Waals surface area contributed by atoms with Gasteiger partial charge in [0, 0.05) is 12.0 Å². The van der Waals surface area contributed by atoms with Gasteiger partial charge in [0.05, 0.1) is 7.11 Å². The number of ether oxygens (including phenoxy) is 1. The van der Waals surface area contributed by atoms with Crippen molar-refractivity contribution in [2.24, 2.45) is 0 Å². The van der Waals surface area contributed by atoms with Crippen LogP contribution in [0.2, 0.25) is 0 Å². The zero-order valence-electron chi connectivity index (χ0n) is 11.4. The molecule has 2 aromatic carbocycles. The van der Waals surface area contributed by atoms with Crippen molar-refractivity contribution in [1.82, 2.24) is 5.32 Å². The first kappa shape index (κ1) is 13.6. The van der Waals surface area contributed by atoms with Gasteiger partial charge in [-0.25, -0.2) is 0 Å². The SMILES string of the molecule is CNCCCC(=O)c1ccc2cc(OC)ccc2c1. The van der Waals surface area contributed by atoms with Crippen molar-refractivity contribution < 1.29 is 9.53 Å². The van der Waals surface area contributed by atoms with Crippen molar-refractivity contribution in [3.8, 4) is 5.75 Å². The number of carbonyl (C=O) groups is 1. The quantitative estimate of drug-likeness (QED) is 0.638. The monoisotopic (exact) mass is 257 g/mol. The molecule has 0 aliphatic heterocycles. The highest BCUT2D eigenvalue weighted by Gasteiger charge is 2.06. The third-order valence-corrected chi connectivity index (χ3v) is 3.20. The van der Waals surface area contributed by atoms with E-state index in [1.165, 1.54) is 0 Å². The van der Waals surface area contributed by atoms with Gasteiger partial charge in [0.15, 0.2) is 5.78 Å². The zero-order chi connectivity index (χ0) is 13.7. The molecule has 0 aromatic heterocycles. The molecule has 0 aliphatic rings. The molecule has 0 saturated heterocycles.